The van der Waals surface area contributed by atoms with Crippen LogP contribution in [0.15, 0.2) is 42.5 Å². The molecule has 0 aliphatic rings. The molecule has 0 fully saturated rings. The van der Waals surface area contributed by atoms with Gasteiger partial charge in [-0.1, -0.05) is 24.4 Å². The zero-order chi connectivity index (χ0) is 15.2. The molecule has 2 N–H and O–H groups in total. The van der Waals surface area contributed by atoms with Gasteiger partial charge in [0.25, 0.3) is 0 Å². The second-order valence-corrected chi connectivity index (χ2v) is 4.94. The summed E-state index contributed by atoms with van der Waals surface area (Å²) in [6.45, 7) is 2.43. The predicted molar refractivity (Wildman–Crippen MR) is 84.5 cm³/mol. The summed E-state index contributed by atoms with van der Waals surface area (Å²) >= 11 is 4.91. The molecule has 0 saturated heterocycles. The normalized spacial score (nSPS) is 10.2. The van der Waals surface area contributed by atoms with Gasteiger partial charge in [0.15, 0.2) is 0 Å². The lowest BCUT2D eigenvalue weighted by Gasteiger charge is -2.10. The molecule has 0 bridgehead atoms. The van der Waals surface area contributed by atoms with E-state index in [1.54, 1.807) is 25.1 Å². The van der Waals surface area contributed by atoms with E-state index in [9.17, 15) is 4.39 Å². The highest BCUT2D eigenvalue weighted by atomic mass is 32.1. The monoisotopic (exact) mass is 305 g/mol. The summed E-state index contributed by atoms with van der Waals surface area (Å²) in [5.74, 6) is 1.06. The summed E-state index contributed by atoms with van der Waals surface area (Å²) in [5.41, 5.74) is 6.88. The average Bonchev–Trinajstić information content (AvgIpc) is 2.47. The fraction of sp³-hybridized carbons (Fsp3) is 0.188. The van der Waals surface area contributed by atoms with Crippen molar-refractivity contribution in [1.29, 1.82) is 0 Å². The number of halogens is 1. The second-order valence-electron chi connectivity index (χ2n) is 4.50. The van der Waals surface area contributed by atoms with Crippen molar-refractivity contribution in [2.45, 2.75) is 6.92 Å². The van der Waals surface area contributed by atoms with Crippen molar-refractivity contribution in [1.82, 2.24) is 0 Å². The van der Waals surface area contributed by atoms with E-state index in [1.807, 2.05) is 18.2 Å². The maximum absolute atomic E-state index is 13.1. The molecule has 0 spiro atoms. The first kappa shape index (κ1) is 15.3. The molecule has 0 aliphatic carbocycles. The van der Waals surface area contributed by atoms with Crippen LogP contribution in [-0.2, 0) is 0 Å². The van der Waals surface area contributed by atoms with Gasteiger partial charge in [-0.15, -0.1) is 0 Å². The number of hydrogen-bond donors (Lipinski definition) is 1. The highest BCUT2D eigenvalue weighted by Crippen LogP contribution is 2.16. The third-order valence-corrected chi connectivity index (χ3v) is 3.10. The number of hydrogen-bond acceptors (Lipinski definition) is 3. The third kappa shape index (κ3) is 4.43. The molecule has 0 heterocycles. The molecule has 0 aromatic heterocycles. The SMILES string of the molecule is Cc1cc(OCCOc2cccc(C(N)=S)c2)ccc1F. The molecule has 0 aliphatic heterocycles. The van der Waals surface area contributed by atoms with Gasteiger partial charge in [-0.25, -0.2) is 4.39 Å². The van der Waals surface area contributed by atoms with E-state index in [2.05, 4.69) is 0 Å². The predicted octanol–water partition coefficient (Wildman–Crippen LogP) is 3.23. The average molecular weight is 305 g/mol. The van der Waals surface area contributed by atoms with Crippen LogP contribution in [0.3, 0.4) is 0 Å². The molecular formula is C16H16FNO2S. The Bertz CT molecular complexity index is 646. The van der Waals surface area contributed by atoms with E-state index < -0.39 is 0 Å². The Balaban J connectivity index is 1.83. The van der Waals surface area contributed by atoms with Crippen molar-refractivity contribution in [3.63, 3.8) is 0 Å². The Morgan fingerprint density at radius 2 is 1.76 bits per heavy atom. The van der Waals surface area contributed by atoms with Gasteiger partial charge in [0.05, 0.1) is 0 Å². The first-order chi connectivity index (χ1) is 10.1. The second kappa shape index (κ2) is 7.04. The number of nitrogens with two attached hydrogens (primary N) is 1. The van der Waals surface area contributed by atoms with Crippen molar-refractivity contribution >= 4 is 17.2 Å². The van der Waals surface area contributed by atoms with Crippen LogP contribution in [0.25, 0.3) is 0 Å². The van der Waals surface area contributed by atoms with Gasteiger partial charge in [0.1, 0.15) is 35.5 Å². The van der Waals surface area contributed by atoms with Crippen LogP contribution < -0.4 is 15.2 Å². The largest absolute Gasteiger partial charge is 0.490 e. The lowest BCUT2D eigenvalue weighted by molar-refractivity contribution is 0.217. The van der Waals surface area contributed by atoms with Crippen LogP contribution in [0.1, 0.15) is 11.1 Å². The number of thiocarbonyl (C=S) groups is 1. The summed E-state index contributed by atoms with van der Waals surface area (Å²) in [4.78, 5) is 0.332. The van der Waals surface area contributed by atoms with E-state index in [4.69, 9.17) is 27.4 Å². The summed E-state index contributed by atoms with van der Waals surface area (Å²) in [7, 11) is 0. The van der Waals surface area contributed by atoms with E-state index in [1.165, 1.54) is 6.07 Å². The van der Waals surface area contributed by atoms with Gasteiger partial charge < -0.3 is 15.2 Å². The summed E-state index contributed by atoms with van der Waals surface area (Å²) in [5, 5.41) is 0. The first-order valence-electron chi connectivity index (χ1n) is 6.48. The quantitative estimate of drug-likeness (QED) is 0.657. The maximum Gasteiger partial charge on any atom is 0.126 e. The van der Waals surface area contributed by atoms with Crippen LogP contribution in [0.5, 0.6) is 11.5 Å². The van der Waals surface area contributed by atoms with Crippen LogP contribution in [-0.4, -0.2) is 18.2 Å². The van der Waals surface area contributed by atoms with Crippen LogP contribution >= 0.6 is 12.2 Å². The molecule has 0 saturated carbocycles. The summed E-state index contributed by atoms with van der Waals surface area (Å²) in [6, 6.07) is 11.9. The Morgan fingerprint density at radius 1 is 1.10 bits per heavy atom. The van der Waals surface area contributed by atoms with Crippen molar-refractivity contribution in [2.24, 2.45) is 5.73 Å². The van der Waals surface area contributed by atoms with Gasteiger partial charge in [-0.2, -0.15) is 0 Å². The summed E-state index contributed by atoms with van der Waals surface area (Å²) in [6.07, 6.45) is 0. The van der Waals surface area contributed by atoms with Crippen molar-refractivity contribution < 1.29 is 13.9 Å². The van der Waals surface area contributed by atoms with E-state index in [0.29, 0.717) is 35.3 Å². The Hall–Kier alpha value is -2.14. The highest BCUT2D eigenvalue weighted by Gasteiger charge is 2.01. The number of benzene rings is 2. The molecule has 21 heavy (non-hydrogen) atoms. The minimum Gasteiger partial charge on any atom is -0.490 e. The number of rotatable bonds is 6. The van der Waals surface area contributed by atoms with E-state index >= 15 is 0 Å². The Morgan fingerprint density at radius 3 is 2.38 bits per heavy atom. The topological polar surface area (TPSA) is 44.5 Å². The van der Waals surface area contributed by atoms with E-state index in [-0.39, 0.29) is 5.82 Å². The van der Waals surface area contributed by atoms with Crippen LogP contribution in [0.4, 0.5) is 4.39 Å². The van der Waals surface area contributed by atoms with Crippen LogP contribution in [0, 0.1) is 12.7 Å². The van der Waals surface area contributed by atoms with Crippen LogP contribution in [0.2, 0.25) is 0 Å². The lowest BCUT2D eigenvalue weighted by atomic mass is 10.2. The molecule has 0 atom stereocenters. The molecule has 110 valence electrons. The van der Waals surface area contributed by atoms with Gasteiger partial charge in [0, 0.05) is 5.56 Å². The maximum atomic E-state index is 13.1. The van der Waals surface area contributed by atoms with Gasteiger partial charge >= 0.3 is 0 Å². The highest BCUT2D eigenvalue weighted by molar-refractivity contribution is 7.80. The van der Waals surface area contributed by atoms with Crippen molar-refractivity contribution in [3.05, 3.63) is 59.4 Å². The molecule has 5 heteroatoms. The minimum absolute atomic E-state index is 0.242. The third-order valence-electron chi connectivity index (χ3n) is 2.87. The fourth-order valence-electron chi connectivity index (χ4n) is 1.77. The zero-order valence-electron chi connectivity index (χ0n) is 11.6. The molecule has 3 nitrogen and oxygen atoms in total. The fourth-order valence-corrected chi connectivity index (χ4v) is 1.89. The van der Waals surface area contributed by atoms with Gasteiger partial charge in [0.2, 0.25) is 0 Å². The number of ether oxygens (including phenoxy) is 2. The molecular weight excluding hydrogens is 289 g/mol. The Labute approximate surface area is 128 Å². The van der Waals surface area contributed by atoms with Crippen molar-refractivity contribution in [3.8, 4) is 11.5 Å². The molecule has 0 amide bonds. The molecule has 2 aromatic carbocycles. The molecule has 2 rings (SSSR count). The molecule has 2 aromatic rings. The Kier molecular flexibility index (Phi) is 5.11. The minimum atomic E-state index is -0.242. The lowest BCUT2D eigenvalue weighted by Crippen LogP contribution is -2.11. The number of aryl methyl sites for hydroxylation is 1. The van der Waals surface area contributed by atoms with E-state index in [0.717, 1.165) is 5.56 Å². The smallest absolute Gasteiger partial charge is 0.126 e. The van der Waals surface area contributed by atoms with Gasteiger partial charge in [-0.05, 0) is 42.8 Å². The first-order valence-corrected chi connectivity index (χ1v) is 6.89. The van der Waals surface area contributed by atoms with Crippen molar-refractivity contribution in [2.75, 3.05) is 13.2 Å². The zero-order valence-corrected chi connectivity index (χ0v) is 12.5. The standard InChI is InChI=1S/C16H16FNO2S/c1-11-9-14(5-6-15(11)17)20-8-7-19-13-4-2-3-12(10-13)16(18)21/h2-6,9-10H,7-8H2,1H3,(H2,18,21). The van der Waals surface area contributed by atoms with Gasteiger partial charge in [-0.3, -0.25) is 0 Å². The molecule has 0 radical (unpaired) electrons. The molecule has 0 unspecified atom stereocenters. The summed E-state index contributed by atoms with van der Waals surface area (Å²) < 4.78 is 24.2.